The van der Waals surface area contributed by atoms with Gasteiger partial charge in [-0.05, 0) is 68.7 Å². The van der Waals surface area contributed by atoms with E-state index in [9.17, 15) is 4.79 Å². The van der Waals surface area contributed by atoms with Crippen LogP contribution in [0.25, 0.3) is 10.8 Å². The number of fused-ring (bicyclic) bond motifs is 1. The van der Waals surface area contributed by atoms with E-state index in [0.717, 1.165) is 24.8 Å². The molecule has 0 unspecified atom stereocenters. The van der Waals surface area contributed by atoms with Crippen molar-refractivity contribution in [1.82, 2.24) is 10.3 Å². The van der Waals surface area contributed by atoms with Crippen LogP contribution in [-0.2, 0) is 0 Å². The van der Waals surface area contributed by atoms with Crippen molar-refractivity contribution < 1.29 is 4.74 Å². The zero-order valence-corrected chi connectivity index (χ0v) is 13.8. The van der Waals surface area contributed by atoms with Crippen molar-refractivity contribution in [3.63, 3.8) is 0 Å². The summed E-state index contributed by atoms with van der Waals surface area (Å²) in [6.07, 6.45) is 8.88. The van der Waals surface area contributed by atoms with Crippen molar-refractivity contribution in [2.75, 3.05) is 6.54 Å². The molecule has 4 nitrogen and oxygen atoms in total. The first-order valence-corrected chi connectivity index (χ1v) is 8.76. The number of nitrogens with one attached hydrogen (secondary N) is 2. The molecule has 0 amide bonds. The molecule has 1 aromatic carbocycles. The Kier molecular flexibility index (Phi) is 3.82. The van der Waals surface area contributed by atoms with Gasteiger partial charge in [0.05, 0.1) is 11.1 Å². The number of aromatic amines is 1. The Hall–Kier alpha value is -1.52. The van der Waals surface area contributed by atoms with Gasteiger partial charge in [0, 0.05) is 17.1 Å². The molecule has 0 bridgehead atoms. The highest BCUT2D eigenvalue weighted by molar-refractivity contribution is 6.32. The van der Waals surface area contributed by atoms with E-state index in [1.54, 1.807) is 12.3 Å². The van der Waals surface area contributed by atoms with Crippen LogP contribution < -0.4 is 15.6 Å². The van der Waals surface area contributed by atoms with Gasteiger partial charge < -0.3 is 15.0 Å². The first kappa shape index (κ1) is 15.0. The zero-order chi connectivity index (χ0) is 15.9. The molecule has 2 aromatic rings. The Balaban J connectivity index is 1.52. The Labute approximate surface area is 140 Å². The molecule has 23 heavy (non-hydrogen) atoms. The molecule has 2 heterocycles. The maximum Gasteiger partial charge on any atom is 0.255 e. The summed E-state index contributed by atoms with van der Waals surface area (Å²) in [6.45, 7) is 1.15. The minimum atomic E-state index is -0.122. The van der Waals surface area contributed by atoms with Crippen molar-refractivity contribution in [3.05, 3.63) is 39.8 Å². The van der Waals surface area contributed by atoms with Crippen LogP contribution in [-0.4, -0.2) is 23.2 Å². The molecule has 122 valence electrons. The summed E-state index contributed by atoms with van der Waals surface area (Å²) in [5, 5.41) is 5.64. The van der Waals surface area contributed by atoms with E-state index in [-0.39, 0.29) is 11.7 Å². The van der Waals surface area contributed by atoms with E-state index >= 15 is 0 Å². The molecule has 2 aliphatic rings. The SMILES string of the molecule is O=c1[nH]ccc2cc(O[C@H]3CC[C@@]4(CCCN4)CC3)c(Cl)cc12. The monoisotopic (exact) mass is 332 g/mol. The van der Waals surface area contributed by atoms with E-state index in [2.05, 4.69) is 10.3 Å². The van der Waals surface area contributed by atoms with E-state index < -0.39 is 0 Å². The average Bonchev–Trinajstić information content (AvgIpc) is 3.00. The van der Waals surface area contributed by atoms with E-state index in [0.29, 0.717) is 21.7 Å². The second-order valence-electron chi connectivity index (χ2n) is 6.80. The van der Waals surface area contributed by atoms with Gasteiger partial charge in [-0.3, -0.25) is 4.79 Å². The van der Waals surface area contributed by atoms with Crippen LogP contribution in [0, 0.1) is 0 Å². The Bertz CT molecular complexity index is 770. The lowest BCUT2D eigenvalue weighted by Crippen LogP contribution is -2.45. The number of ether oxygens (including phenoxy) is 1. The van der Waals surface area contributed by atoms with Crippen LogP contribution in [0.1, 0.15) is 38.5 Å². The van der Waals surface area contributed by atoms with E-state index in [4.69, 9.17) is 16.3 Å². The van der Waals surface area contributed by atoms with Crippen LogP contribution in [0.5, 0.6) is 5.75 Å². The molecule has 1 aliphatic heterocycles. The molecule has 1 saturated heterocycles. The van der Waals surface area contributed by atoms with Gasteiger partial charge in [-0.1, -0.05) is 11.6 Å². The fourth-order valence-corrected chi connectivity index (χ4v) is 4.22. The standard InChI is InChI=1S/C18H21ClN2O2/c19-15-11-14-12(4-9-20-17(14)22)10-16(15)23-13-2-6-18(7-3-13)5-1-8-21-18/h4,9-11,13,21H,1-3,5-8H2,(H,20,22)/t13-,18-. The quantitative estimate of drug-likeness (QED) is 0.883. The Morgan fingerprint density at radius 1 is 1.22 bits per heavy atom. The normalized spacial score (nSPS) is 27.6. The molecule has 1 spiro atoms. The van der Waals surface area contributed by atoms with Crippen LogP contribution in [0.15, 0.2) is 29.2 Å². The summed E-state index contributed by atoms with van der Waals surface area (Å²) in [7, 11) is 0. The third kappa shape index (κ3) is 2.86. The maximum absolute atomic E-state index is 11.8. The van der Waals surface area contributed by atoms with Crippen molar-refractivity contribution in [3.8, 4) is 5.75 Å². The van der Waals surface area contributed by atoms with Crippen molar-refractivity contribution in [2.45, 2.75) is 50.2 Å². The molecular formula is C18H21ClN2O2. The smallest absolute Gasteiger partial charge is 0.255 e. The average molecular weight is 333 g/mol. The van der Waals surface area contributed by atoms with Gasteiger partial charge in [-0.25, -0.2) is 0 Å². The minimum absolute atomic E-state index is 0.122. The summed E-state index contributed by atoms with van der Waals surface area (Å²) in [4.78, 5) is 14.5. The van der Waals surface area contributed by atoms with Gasteiger partial charge in [-0.2, -0.15) is 0 Å². The predicted molar refractivity (Wildman–Crippen MR) is 92.4 cm³/mol. The molecule has 0 atom stereocenters. The fraction of sp³-hybridized carbons (Fsp3) is 0.500. The maximum atomic E-state index is 11.8. The van der Waals surface area contributed by atoms with Gasteiger partial charge in [0.25, 0.3) is 5.56 Å². The van der Waals surface area contributed by atoms with Crippen molar-refractivity contribution >= 4 is 22.4 Å². The van der Waals surface area contributed by atoms with E-state index in [1.807, 2.05) is 12.1 Å². The lowest BCUT2D eigenvalue weighted by molar-refractivity contribution is 0.110. The molecule has 4 rings (SSSR count). The third-order valence-electron chi connectivity index (χ3n) is 5.34. The number of H-pyrrole nitrogens is 1. The van der Waals surface area contributed by atoms with Crippen molar-refractivity contribution in [2.24, 2.45) is 0 Å². The highest BCUT2D eigenvalue weighted by Crippen LogP contribution is 2.38. The van der Waals surface area contributed by atoms with Gasteiger partial charge in [0.15, 0.2) is 0 Å². The van der Waals surface area contributed by atoms with Crippen LogP contribution in [0.2, 0.25) is 5.02 Å². The van der Waals surface area contributed by atoms with Gasteiger partial charge in [-0.15, -0.1) is 0 Å². The number of aromatic nitrogens is 1. The number of hydrogen-bond acceptors (Lipinski definition) is 3. The summed E-state index contributed by atoms with van der Waals surface area (Å²) in [5.41, 5.74) is 0.239. The summed E-state index contributed by atoms with van der Waals surface area (Å²) >= 11 is 6.32. The lowest BCUT2D eigenvalue weighted by Gasteiger charge is -2.37. The second kappa shape index (κ2) is 5.84. The number of halogens is 1. The predicted octanol–water partition coefficient (Wildman–Crippen LogP) is 3.63. The highest BCUT2D eigenvalue weighted by Gasteiger charge is 2.37. The molecule has 2 fully saturated rings. The Morgan fingerprint density at radius 3 is 2.78 bits per heavy atom. The topological polar surface area (TPSA) is 54.1 Å². The molecular weight excluding hydrogens is 312 g/mol. The first-order chi connectivity index (χ1) is 11.2. The highest BCUT2D eigenvalue weighted by atomic mass is 35.5. The molecule has 1 aliphatic carbocycles. The van der Waals surface area contributed by atoms with Gasteiger partial charge >= 0.3 is 0 Å². The molecule has 2 N–H and O–H groups in total. The van der Waals surface area contributed by atoms with E-state index in [1.165, 1.54) is 25.7 Å². The Morgan fingerprint density at radius 2 is 2.04 bits per heavy atom. The van der Waals surface area contributed by atoms with Gasteiger partial charge in [0.1, 0.15) is 5.75 Å². The third-order valence-corrected chi connectivity index (χ3v) is 5.64. The fourth-order valence-electron chi connectivity index (χ4n) is 4.02. The largest absolute Gasteiger partial charge is 0.489 e. The number of benzene rings is 1. The molecule has 5 heteroatoms. The first-order valence-electron chi connectivity index (χ1n) is 8.38. The van der Waals surface area contributed by atoms with Gasteiger partial charge in [0.2, 0.25) is 0 Å². The van der Waals surface area contributed by atoms with Crippen LogP contribution >= 0.6 is 11.6 Å². The number of pyridine rings is 1. The molecule has 0 radical (unpaired) electrons. The number of hydrogen-bond donors (Lipinski definition) is 2. The van der Waals surface area contributed by atoms with Crippen LogP contribution in [0.3, 0.4) is 0 Å². The van der Waals surface area contributed by atoms with Crippen molar-refractivity contribution in [1.29, 1.82) is 0 Å². The lowest BCUT2D eigenvalue weighted by atomic mass is 9.79. The molecule has 1 aromatic heterocycles. The summed E-state index contributed by atoms with van der Waals surface area (Å²) in [6, 6.07) is 5.46. The number of rotatable bonds is 2. The minimum Gasteiger partial charge on any atom is -0.489 e. The molecule has 1 saturated carbocycles. The summed E-state index contributed by atoms with van der Waals surface area (Å²) in [5.74, 6) is 0.685. The van der Waals surface area contributed by atoms with Crippen LogP contribution in [0.4, 0.5) is 0 Å². The zero-order valence-electron chi connectivity index (χ0n) is 13.0. The summed E-state index contributed by atoms with van der Waals surface area (Å²) < 4.78 is 6.16. The second-order valence-corrected chi connectivity index (χ2v) is 7.21.